The van der Waals surface area contributed by atoms with E-state index in [0.29, 0.717) is 5.56 Å². The van der Waals surface area contributed by atoms with Gasteiger partial charge in [-0.15, -0.1) is 0 Å². The van der Waals surface area contributed by atoms with Gasteiger partial charge in [-0.25, -0.2) is 9.59 Å². The quantitative estimate of drug-likeness (QED) is 0.368. The van der Waals surface area contributed by atoms with Gasteiger partial charge in [-0.3, -0.25) is 4.90 Å². The SMILES string of the molecule is O=CCC[C@]1(Cc2ccccc2)C(=O)O[C@@H](c2ccccc2)N1C(=O)OCc1ccccc1. The number of hydrogen-bond acceptors (Lipinski definition) is 5. The summed E-state index contributed by atoms with van der Waals surface area (Å²) < 4.78 is 11.4. The molecule has 168 valence electrons. The van der Waals surface area contributed by atoms with Crippen LogP contribution in [-0.4, -0.2) is 28.8 Å². The van der Waals surface area contributed by atoms with Crippen molar-refractivity contribution in [3.8, 4) is 0 Å². The van der Waals surface area contributed by atoms with E-state index in [4.69, 9.17) is 9.47 Å². The summed E-state index contributed by atoms with van der Waals surface area (Å²) in [7, 11) is 0. The Kier molecular flexibility index (Phi) is 6.83. The van der Waals surface area contributed by atoms with Gasteiger partial charge < -0.3 is 14.3 Å². The molecule has 1 aliphatic rings. The van der Waals surface area contributed by atoms with Crippen molar-refractivity contribution in [3.63, 3.8) is 0 Å². The van der Waals surface area contributed by atoms with Crippen LogP contribution >= 0.6 is 0 Å². The predicted molar refractivity (Wildman–Crippen MR) is 122 cm³/mol. The molecule has 1 aliphatic heterocycles. The molecule has 6 nitrogen and oxygen atoms in total. The van der Waals surface area contributed by atoms with E-state index in [9.17, 15) is 14.4 Å². The molecule has 1 fully saturated rings. The van der Waals surface area contributed by atoms with Crippen molar-refractivity contribution < 1.29 is 23.9 Å². The van der Waals surface area contributed by atoms with E-state index >= 15 is 0 Å². The fourth-order valence-corrected chi connectivity index (χ4v) is 4.18. The fraction of sp³-hybridized carbons (Fsp3) is 0.222. The molecule has 33 heavy (non-hydrogen) atoms. The van der Waals surface area contributed by atoms with Crippen molar-refractivity contribution in [2.75, 3.05) is 0 Å². The Bertz CT molecular complexity index is 1090. The van der Waals surface area contributed by atoms with Crippen LogP contribution in [0, 0.1) is 0 Å². The minimum absolute atomic E-state index is 0.0565. The number of nitrogens with zero attached hydrogens (tertiary/aromatic N) is 1. The summed E-state index contributed by atoms with van der Waals surface area (Å²) in [6.07, 6.45) is -0.411. The lowest BCUT2D eigenvalue weighted by Gasteiger charge is -2.35. The maximum absolute atomic E-state index is 13.5. The fourth-order valence-electron chi connectivity index (χ4n) is 4.18. The average Bonchev–Trinajstić information content (AvgIpc) is 3.15. The molecule has 0 aliphatic carbocycles. The zero-order valence-electron chi connectivity index (χ0n) is 18.1. The molecule has 0 saturated carbocycles. The molecular weight excluding hydrogens is 418 g/mol. The summed E-state index contributed by atoms with van der Waals surface area (Å²) in [5, 5.41) is 0. The van der Waals surface area contributed by atoms with Gasteiger partial charge in [0.2, 0.25) is 6.23 Å². The van der Waals surface area contributed by atoms with Gasteiger partial charge in [-0.05, 0) is 17.5 Å². The highest BCUT2D eigenvalue weighted by Gasteiger charge is 2.58. The van der Waals surface area contributed by atoms with Crippen molar-refractivity contribution in [1.82, 2.24) is 4.90 Å². The first-order valence-electron chi connectivity index (χ1n) is 10.9. The smallest absolute Gasteiger partial charge is 0.414 e. The average molecular weight is 443 g/mol. The molecule has 3 aromatic carbocycles. The minimum atomic E-state index is -1.36. The first-order valence-corrected chi connectivity index (χ1v) is 10.9. The zero-order chi connectivity index (χ0) is 23.1. The van der Waals surface area contributed by atoms with Crippen LogP contribution in [0.4, 0.5) is 4.79 Å². The standard InChI is InChI=1S/C27H25NO5/c29-18-10-17-27(19-21-11-4-1-5-12-21)25(30)33-24(23-15-8-3-9-16-23)28(27)26(31)32-20-22-13-6-2-7-14-22/h1-9,11-16,18,24H,10,17,19-20H2/t24-,27-/m0/s1. The Hall–Kier alpha value is -3.93. The van der Waals surface area contributed by atoms with Gasteiger partial charge in [0, 0.05) is 18.4 Å². The lowest BCUT2D eigenvalue weighted by Crippen LogP contribution is -2.53. The summed E-state index contributed by atoms with van der Waals surface area (Å²) in [5.74, 6) is -0.543. The normalized spacial score (nSPS) is 19.7. The summed E-state index contributed by atoms with van der Waals surface area (Å²) in [6, 6.07) is 27.8. The second-order valence-corrected chi connectivity index (χ2v) is 7.98. The third-order valence-electron chi connectivity index (χ3n) is 5.80. The van der Waals surface area contributed by atoms with Crippen LogP contribution < -0.4 is 0 Å². The lowest BCUT2D eigenvalue weighted by atomic mass is 9.85. The maximum atomic E-state index is 13.5. The van der Waals surface area contributed by atoms with Gasteiger partial charge in [0.15, 0.2) is 5.54 Å². The van der Waals surface area contributed by atoms with E-state index < -0.39 is 23.8 Å². The van der Waals surface area contributed by atoms with Gasteiger partial charge in [-0.2, -0.15) is 0 Å². The molecule has 3 aromatic rings. The van der Waals surface area contributed by atoms with Crippen LogP contribution in [0.2, 0.25) is 0 Å². The van der Waals surface area contributed by atoms with Crippen LogP contribution in [0.1, 0.15) is 35.8 Å². The van der Waals surface area contributed by atoms with Crippen molar-refractivity contribution in [3.05, 3.63) is 108 Å². The summed E-state index contributed by atoms with van der Waals surface area (Å²) >= 11 is 0. The van der Waals surface area contributed by atoms with Crippen LogP contribution in [0.5, 0.6) is 0 Å². The van der Waals surface area contributed by atoms with Crippen LogP contribution in [0.15, 0.2) is 91.0 Å². The number of amides is 1. The highest BCUT2D eigenvalue weighted by molar-refractivity contribution is 5.89. The Labute approximate surface area is 192 Å². The number of carbonyl (C=O) groups excluding carboxylic acids is 3. The van der Waals surface area contributed by atoms with Crippen molar-refractivity contribution >= 4 is 18.3 Å². The summed E-state index contributed by atoms with van der Waals surface area (Å²) in [6.45, 7) is 0.0565. The third-order valence-corrected chi connectivity index (χ3v) is 5.80. The molecular formula is C27H25NO5. The van der Waals surface area contributed by atoms with Crippen molar-refractivity contribution in [2.45, 2.75) is 37.6 Å². The Morgan fingerprint density at radius 2 is 1.48 bits per heavy atom. The van der Waals surface area contributed by atoms with Gasteiger partial charge in [0.1, 0.15) is 12.9 Å². The predicted octanol–water partition coefficient (Wildman–Crippen LogP) is 4.84. The topological polar surface area (TPSA) is 72.9 Å². The first kappa shape index (κ1) is 22.3. The van der Waals surface area contributed by atoms with E-state index in [1.165, 1.54) is 4.90 Å². The van der Waals surface area contributed by atoms with E-state index in [1.54, 1.807) is 12.1 Å². The summed E-state index contributed by atoms with van der Waals surface area (Å²) in [4.78, 5) is 39.6. The molecule has 0 aromatic heterocycles. The van der Waals surface area contributed by atoms with Gasteiger partial charge in [0.25, 0.3) is 0 Å². The number of hydrogen-bond donors (Lipinski definition) is 0. The number of ether oxygens (including phenoxy) is 2. The molecule has 0 bridgehead atoms. The number of benzene rings is 3. The monoisotopic (exact) mass is 443 g/mol. The molecule has 0 spiro atoms. The van der Waals surface area contributed by atoms with Gasteiger partial charge in [-0.1, -0.05) is 91.0 Å². The molecule has 4 rings (SSSR count). The maximum Gasteiger partial charge on any atom is 0.414 e. The molecule has 6 heteroatoms. The molecule has 1 amide bonds. The molecule has 0 N–H and O–H groups in total. The minimum Gasteiger partial charge on any atom is -0.444 e. The van der Waals surface area contributed by atoms with Gasteiger partial charge >= 0.3 is 12.1 Å². The molecule has 1 heterocycles. The van der Waals surface area contributed by atoms with E-state index in [0.717, 1.165) is 17.4 Å². The van der Waals surface area contributed by atoms with Crippen molar-refractivity contribution in [1.29, 1.82) is 0 Å². The van der Waals surface area contributed by atoms with Crippen LogP contribution in [0.3, 0.4) is 0 Å². The second kappa shape index (κ2) is 10.1. The molecule has 1 saturated heterocycles. The highest BCUT2D eigenvalue weighted by atomic mass is 16.6. The lowest BCUT2D eigenvalue weighted by molar-refractivity contribution is -0.145. The molecule has 2 atom stereocenters. The molecule has 0 radical (unpaired) electrons. The van der Waals surface area contributed by atoms with Crippen LogP contribution in [0.25, 0.3) is 0 Å². The van der Waals surface area contributed by atoms with E-state index in [2.05, 4.69) is 0 Å². The van der Waals surface area contributed by atoms with E-state index in [1.807, 2.05) is 78.9 Å². The largest absolute Gasteiger partial charge is 0.444 e. The zero-order valence-corrected chi connectivity index (χ0v) is 18.1. The highest BCUT2D eigenvalue weighted by Crippen LogP contribution is 2.43. The Morgan fingerprint density at radius 1 is 0.909 bits per heavy atom. The Balaban J connectivity index is 1.72. The number of esters is 1. The second-order valence-electron chi connectivity index (χ2n) is 7.98. The first-order chi connectivity index (χ1) is 16.1. The van der Waals surface area contributed by atoms with Crippen LogP contribution in [-0.2, 0) is 32.1 Å². The number of cyclic esters (lactones) is 1. The molecule has 0 unspecified atom stereocenters. The Morgan fingerprint density at radius 3 is 2.09 bits per heavy atom. The third kappa shape index (κ3) is 4.80. The summed E-state index contributed by atoms with van der Waals surface area (Å²) in [5.41, 5.74) is 0.977. The van der Waals surface area contributed by atoms with E-state index in [-0.39, 0.29) is 25.9 Å². The number of aldehydes is 1. The number of carbonyl (C=O) groups is 3. The number of rotatable bonds is 8. The van der Waals surface area contributed by atoms with Gasteiger partial charge in [0.05, 0.1) is 0 Å². The van der Waals surface area contributed by atoms with Crippen molar-refractivity contribution in [2.24, 2.45) is 0 Å².